The molecule has 0 N–H and O–H groups in total. The standard InChI is InChI=1S/C12H17ClN2O2S/c1-2-10-7-15(3-4-17-10)12(16)5-11-14-9(6-13)8-18-11/h8,10H,2-7H2,1H3. The smallest absolute Gasteiger partial charge is 0.229 e. The van der Waals surface area contributed by atoms with Gasteiger partial charge in [0.2, 0.25) is 5.91 Å². The molecule has 1 aliphatic rings. The van der Waals surface area contributed by atoms with Crippen molar-refractivity contribution in [3.05, 3.63) is 16.1 Å². The van der Waals surface area contributed by atoms with Crippen molar-refractivity contribution in [2.45, 2.75) is 31.7 Å². The molecule has 1 unspecified atom stereocenters. The Labute approximate surface area is 116 Å². The normalized spacial score (nSPS) is 20.1. The molecule has 1 aromatic rings. The van der Waals surface area contributed by atoms with E-state index in [0.29, 0.717) is 32.0 Å². The molecule has 0 spiro atoms. The average molecular weight is 289 g/mol. The Morgan fingerprint density at radius 1 is 1.72 bits per heavy atom. The number of hydrogen-bond acceptors (Lipinski definition) is 4. The van der Waals surface area contributed by atoms with E-state index in [1.165, 1.54) is 11.3 Å². The first-order valence-electron chi connectivity index (χ1n) is 6.11. The summed E-state index contributed by atoms with van der Waals surface area (Å²) in [6.45, 7) is 4.09. The highest BCUT2D eigenvalue weighted by Gasteiger charge is 2.23. The Morgan fingerprint density at radius 3 is 3.22 bits per heavy atom. The lowest BCUT2D eigenvalue weighted by Gasteiger charge is -2.32. The largest absolute Gasteiger partial charge is 0.375 e. The summed E-state index contributed by atoms with van der Waals surface area (Å²) in [7, 11) is 0. The second-order valence-electron chi connectivity index (χ2n) is 4.28. The third-order valence-electron chi connectivity index (χ3n) is 2.99. The first-order valence-corrected chi connectivity index (χ1v) is 7.53. The van der Waals surface area contributed by atoms with Crippen LogP contribution in [0, 0.1) is 0 Å². The van der Waals surface area contributed by atoms with Crippen molar-refractivity contribution in [1.29, 1.82) is 0 Å². The summed E-state index contributed by atoms with van der Waals surface area (Å²) in [5.74, 6) is 0.535. The van der Waals surface area contributed by atoms with E-state index in [1.54, 1.807) is 0 Å². The molecule has 4 nitrogen and oxygen atoms in total. The molecule has 2 rings (SSSR count). The monoisotopic (exact) mass is 288 g/mol. The van der Waals surface area contributed by atoms with Gasteiger partial charge in [-0.2, -0.15) is 0 Å². The van der Waals surface area contributed by atoms with Crippen LogP contribution in [-0.4, -0.2) is 41.6 Å². The molecular weight excluding hydrogens is 272 g/mol. The molecular formula is C12H17ClN2O2S. The highest BCUT2D eigenvalue weighted by atomic mass is 35.5. The molecule has 1 amide bonds. The van der Waals surface area contributed by atoms with E-state index in [4.69, 9.17) is 16.3 Å². The number of aromatic nitrogens is 1. The van der Waals surface area contributed by atoms with Crippen molar-refractivity contribution in [2.75, 3.05) is 19.7 Å². The summed E-state index contributed by atoms with van der Waals surface area (Å²) in [6, 6.07) is 0. The van der Waals surface area contributed by atoms with E-state index in [1.807, 2.05) is 10.3 Å². The van der Waals surface area contributed by atoms with Gasteiger partial charge >= 0.3 is 0 Å². The maximum absolute atomic E-state index is 12.1. The number of morpholine rings is 1. The SMILES string of the molecule is CCC1CN(C(=O)Cc2nc(CCl)cs2)CCO1. The van der Waals surface area contributed by atoms with Gasteiger partial charge in [0.15, 0.2) is 0 Å². The molecule has 0 saturated carbocycles. The molecule has 1 aliphatic heterocycles. The average Bonchev–Trinajstić information content (AvgIpc) is 2.86. The molecule has 6 heteroatoms. The van der Waals surface area contributed by atoms with Crippen LogP contribution < -0.4 is 0 Å². The molecule has 0 aliphatic carbocycles. The Balaban J connectivity index is 1.90. The summed E-state index contributed by atoms with van der Waals surface area (Å²) < 4.78 is 5.55. The zero-order valence-corrected chi connectivity index (χ0v) is 12.0. The fraction of sp³-hybridized carbons (Fsp3) is 0.667. The van der Waals surface area contributed by atoms with Crippen LogP contribution in [0.25, 0.3) is 0 Å². The van der Waals surface area contributed by atoms with E-state index in [2.05, 4.69) is 11.9 Å². The quantitative estimate of drug-likeness (QED) is 0.797. The van der Waals surface area contributed by atoms with E-state index >= 15 is 0 Å². The van der Waals surface area contributed by atoms with Gasteiger partial charge < -0.3 is 9.64 Å². The lowest BCUT2D eigenvalue weighted by atomic mass is 10.2. The molecule has 1 aromatic heterocycles. The number of thiazole rings is 1. The molecule has 0 bridgehead atoms. The van der Waals surface area contributed by atoms with Crippen LogP contribution in [0.3, 0.4) is 0 Å². The fourth-order valence-corrected chi connectivity index (χ4v) is 2.94. The van der Waals surface area contributed by atoms with Crippen LogP contribution in [-0.2, 0) is 21.8 Å². The number of hydrogen-bond donors (Lipinski definition) is 0. The number of rotatable bonds is 4. The second kappa shape index (κ2) is 6.50. The number of carbonyl (C=O) groups is 1. The van der Waals surface area contributed by atoms with Gasteiger partial charge in [0, 0.05) is 18.5 Å². The Hall–Kier alpha value is -0.650. The van der Waals surface area contributed by atoms with Crippen LogP contribution in [0.2, 0.25) is 0 Å². The minimum absolute atomic E-state index is 0.132. The number of amides is 1. The van der Waals surface area contributed by atoms with Gasteiger partial charge in [0.25, 0.3) is 0 Å². The predicted octanol–water partition coefficient (Wildman–Crippen LogP) is 2.06. The highest BCUT2D eigenvalue weighted by Crippen LogP contribution is 2.15. The Kier molecular flexibility index (Phi) is 4.97. The van der Waals surface area contributed by atoms with Crippen LogP contribution in [0.1, 0.15) is 24.0 Å². The minimum atomic E-state index is 0.132. The third kappa shape index (κ3) is 3.43. The van der Waals surface area contributed by atoms with Gasteiger partial charge in [-0.15, -0.1) is 22.9 Å². The van der Waals surface area contributed by atoms with E-state index in [0.717, 1.165) is 17.1 Å². The van der Waals surface area contributed by atoms with Crippen LogP contribution >= 0.6 is 22.9 Å². The number of nitrogens with zero attached hydrogens (tertiary/aromatic N) is 2. The van der Waals surface area contributed by atoms with Crippen molar-refractivity contribution in [2.24, 2.45) is 0 Å². The maximum atomic E-state index is 12.1. The van der Waals surface area contributed by atoms with Crippen LogP contribution in [0.5, 0.6) is 0 Å². The summed E-state index contributed by atoms with van der Waals surface area (Å²) in [6.07, 6.45) is 1.49. The summed E-state index contributed by atoms with van der Waals surface area (Å²) in [4.78, 5) is 18.3. The molecule has 1 saturated heterocycles. The lowest BCUT2D eigenvalue weighted by Crippen LogP contribution is -2.45. The van der Waals surface area contributed by atoms with Crippen molar-refractivity contribution in [3.63, 3.8) is 0 Å². The maximum Gasteiger partial charge on any atom is 0.229 e. The van der Waals surface area contributed by atoms with Crippen molar-refractivity contribution in [3.8, 4) is 0 Å². The molecule has 1 fully saturated rings. The lowest BCUT2D eigenvalue weighted by molar-refractivity contribution is -0.138. The zero-order chi connectivity index (χ0) is 13.0. The van der Waals surface area contributed by atoms with Gasteiger partial charge in [0.05, 0.1) is 30.7 Å². The highest BCUT2D eigenvalue weighted by molar-refractivity contribution is 7.09. The van der Waals surface area contributed by atoms with Crippen molar-refractivity contribution in [1.82, 2.24) is 9.88 Å². The molecule has 18 heavy (non-hydrogen) atoms. The zero-order valence-electron chi connectivity index (χ0n) is 10.4. The number of alkyl halides is 1. The van der Waals surface area contributed by atoms with Gasteiger partial charge in [-0.3, -0.25) is 4.79 Å². The topological polar surface area (TPSA) is 42.4 Å². The molecule has 2 heterocycles. The minimum Gasteiger partial charge on any atom is -0.375 e. The molecule has 0 radical (unpaired) electrons. The summed E-state index contributed by atoms with van der Waals surface area (Å²) in [5.41, 5.74) is 0.845. The molecule has 1 atom stereocenters. The third-order valence-corrected chi connectivity index (χ3v) is 4.16. The Morgan fingerprint density at radius 2 is 2.56 bits per heavy atom. The van der Waals surface area contributed by atoms with E-state index in [-0.39, 0.29) is 12.0 Å². The van der Waals surface area contributed by atoms with Gasteiger partial charge in [-0.1, -0.05) is 6.92 Å². The number of carbonyl (C=O) groups excluding carboxylic acids is 1. The number of halogens is 1. The second-order valence-corrected chi connectivity index (χ2v) is 5.49. The fourth-order valence-electron chi connectivity index (χ4n) is 1.93. The first-order chi connectivity index (χ1) is 8.72. The van der Waals surface area contributed by atoms with Gasteiger partial charge in [-0.05, 0) is 6.42 Å². The molecule has 0 aromatic carbocycles. The predicted molar refractivity (Wildman–Crippen MR) is 72.0 cm³/mol. The van der Waals surface area contributed by atoms with Gasteiger partial charge in [0.1, 0.15) is 5.01 Å². The van der Waals surface area contributed by atoms with Crippen LogP contribution in [0.15, 0.2) is 5.38 Å². The van der Waals surface area contributed by atoms with Gasteiger partial charge in [-0.25, -0.2) is 4.98 Å². The number of ether oxygens (including phenoxy) is 1. The summed E-state index contributed by atoms with van der Waals surface area (Å²) >= 11 is 7.19. The Bertz CT molecular complexity index is 411. The summed E-state index contributed by atoms with van der Waals surface area (Å²) in [5, 5.41) is 2.75. The first kappa shape index (κ1) is 13.8. The van der Waals surface area contributed by atoms with Crippen LogP contribution in [0.4, 0.5) is 0 Å². The van der Waals surface area contributed by atoms with Crippen molar-refractivity contribution >= 4 is 28.8 Å². The van der Waals surface area contributed by atoms with E-state index < -0.39 is 0 Å². The van der Waals surface area contributed by atoms with Crippen molar-refractivity contribution < 1.29 is 9.53 Å². The molecule has 100 valence electrons. The van der Waals surface area contributed by atoms with E-state index in [9.17, 15) is 4.79 Å².